The first-order chi connectivity index (χ1) is 17.0. The van der Waals surface area contributed by atoms with Crippen molar-refractivity contribution in [2.75, 3.05) is 19.8 Å². The number of nitrogens with one attached hydrogen (secondary N) is 2. The van der Waals surface area contributed by atoms with Crippen molar-refractivity contribution in [1.29, 1.82) is 0 Å². The lowest BCUT2D eigenvalue weighted by Crippen LogP contribution is -2.42. The van der Waals surface area contributed by atoms with Crippen LogP contribution >= 0.6 is 0 Å². The van der Waals surface area contributed by atoms with E-state index in [-0.39, 0.29) is 38.0 Å². The largest absolute Gasteiger partial charge is 0.481 e. The maximum atomic E-state index is 12.4. The van der Waals surface area contributed by atoms with E-state index in [2.05, 4.69) is 22.8 Å². The lowest BCUT2D eigenvalue weighted by Gasteiger charge is -2.14. The van der Waals surface area contributed by atoms with E-state index in [0.29, 0.717) is 5.76 Å². The Morgan fingerprint density at radius 2 is 1.63 bits per heavy atom. The first-order valence-corrected chi connectivity index (χ1v) is 11.3. The Balaban J connectivity index is 1.14. The second-order valence-corrected chi connectivity index (χ2v) is 8.51. The van der Waals surface area contributed by atoms with Crippen LogP contribution < -0.4 is 10.6 Å². The highest BCUT2D eigenvalue weighted by molar-refractivity contribution is 5.92. The van der Waals surface area contributed by atoms with E-state index in [0.717, 1.165) is 22.3 Å². The summed E-state index contributed by atoms with van der Waals surface area (Å²) in [7, 11) is 0. The molecule has 1 aliphatic heterocycles. The smallest absolute Gasteiger partial charge is 0.407 e. The van der Waals surface area contributed by atoms with Crippen LogP contribution in [0.2, 0.25) is 0 Å². The number of carboxylic acids is 1. The van der Waals surface area contributed by atoms with Crippen molar-refractivity contribution in [3.8, 4) is 11.1 Å². The lowest BCUT2D eigenvalue weighted by molar-refractivity contribution is -0.142. The van der Waals surface area contributed by atoms with Crippen molar-refractivity contribution < 1.29 is 33.4 Å². The van der Waals surface area contributed by atoms with Gasteiger partial charge in [-0.2, -0.15) is 0 Å². The standard InChI is InChI=1S/C26H24N2O7/c29-24(28-22-14-33-12-21(22)25(30)31)23-10-9-15(35-23)11-27-26(32)34-13-20-18-7-3-1-5-16(18)17-6-2-4-8-19(17)20/h1-10,20-22H,11-14H2,(H,27,32)(H,28,29)(H,30,31). The minimum Gasteiger partial charge on any atom is -0.481 e. The van der Waals surface area contributed by atoms with Crippen LogP contribution in [0.25, 0.3) is 11.1 Å². The number of carbonyl (C=O) groups is 3. The summed E-state index contributed by atoms with van der Waals surface area (Å²) in [6.45, 7) is 0.404. The highest BCUT2D eigenvalue weighted by atomic mass is 16.5. The number of carbonyl (C=O) groups excluding carboxylic acids is 2. The van der Waals surface area contributed by atoms with E-state index >= 15 is 0 Å². The number of aliphatic carboxylic acids is 1. The number of furan rings is 1. The molecule has 2 aromatic carbocycles. The third-order valence-corrected chi connectivity index (χ3v) is 6.35. The number of ether oxygens (including phenoxy) is 2. The summed E-state index contributed by atoms with van der Waals surface area (Å²) in [5.74, 6) is -2.03. The number of rotatable bonds is 7. The molecule has 180 valence electrons. The zero-order chi connectivity index (χ0) is 24.4. The molecule has 3 N–H and O–H groups in total. The van der Waals surface area contributed by atoms with Gasteiger partial charge in [-0.1, -0.05) is 48.5 Å². The highest BCUT2D eigenvalue weighted by Crippen LogP contribution is 2.44. The van der Waals surface area contributed by atoms with Crippen molar-refractivity contribution in [2.24, 2.45) is 5.92 Å². The molecule has 0 spiro atoms. The van der Waals surface area contributed by atoms with Gasteiger partial charge in [-0.3, -0.25) is 9.59 Å². The molecule has 3 aromatic rings. The van der Waals surface area contributed by atoms with Gasteiger partial charge in [0.05, 0.1) is 25.8 Å². The Morgan fingerprint density at radius 1 is 0.943 bits per heavy atom. The molecule has 2 atom stereocenters. The van der Waals surface area contributed by atoms with E-state index in [1.807, 2.05) is 36.4 Å². The number of fused-ring (bicyclic) bond motifs is 3. The minimum atomic E-state index is -1.03. The van der Waals surface area contributed by atoms with E-state index in [1.165, 1.54) is 6.07 Å². The van der Waals surface area contributed by atoms with Crippen molar-refractivity contribution in [3.63, 3.8) is 0 Å². The maximum absolute atomic E-state index is 12.4. The molecule has 1 aliphatic carbocycles. The molecule has 5 rings (SSSR count). The molecule has 2 aliphatic rings. The number of hydrogen-bond acceptors (Lipinski definition) is 6. The van der Waals surface area contributed by atoms with Crippen molar-refractivity contribution in [2.45, 2.75) is 18.5 Å². The van der Waals surface area contributed by atoms with Crippen molar-refractivity contribution >= 4 is 18.0 Å². The zero-order valence-electron chi connectivity index (χ0n) is 18.7. The van der Waals surface area contributed by atoms with Gasteiger partial charge in [-0.25, -0.2) is 4.79 Å². The zero-order valence-corrected chi connectivity index (χ0v) is 18.7. The van der Waals surface area contributed by atoms with Crippen molar-refractivity contribution in [1.82, 2.24) is 10.6 Å². The van der Waals surface area contributed by atoms with Gasteiger partial charge in [0.25, 0.3) is 5.91 Å². The van der Waals surface area contributed by atoms with Gasteiger partial charge in [-0.05, 0) is 34.4 Å². The molecular formula is C26H24N2O7. The number of carboxylic acid groups (broad SMARTS) is 1. The summed E-state index contributed by atoms with van der Waals surface area (Å²) in [5, 5.41) is 14.5. The van der Waals surface area contributed by atoms with E-state index < -0.39 is 29.9 Å². The second kappa shape index (κ2) is 9.63. The number of amides is 2. The first-order valence-electron chi connectivity index (χ1n) is 11.3. The fraction of sp³-hybridized carbons (Fsp3) is 0.269. The Morgan fingerprint density at radius 3 is 2.31 bits per heavy atom. The normalized spacial score (nSPS) is 18.5. The molecule has 9 heteroatoms. The fourth-order valence-electron chi connectivity index (χ4n) is 4.58. The molecule has 35 heavy (non-hydrogen) atoms. The van der Waals surface area contributed by atoms with E-state index in [1.54, 1.807) is 6.07 Å². The summed E-state index contributed by atoms with van der Waals surface area (Å²) >= 11 is 0. The second-order valence-electron chi connectivity index (χ2n) is 8.51. The quantitative estimate of drug-likeness (QED) is 0.478. The van der Waals surface area contributed by atoms with Crippen LogP contribution in [-0.4, -0.2) is 48.9 Å². The fourth-order valence-corrected chi connectivity index (χ4v) is 4.58. The average molecular weight is 476 g/mol. The van der Waals surface area contributed by atoms with Gasteiger partial charge >= 0.3 is 12.1 Å². The topological polar surface area (TPSA) is 127 Å². The Hall–Kier alpha value is -4.11. The first kappa shape index (κ1) is 22.7. The monoisotopic (exact) mass is 476 g/mol. The summed E-state index contributed by atoms with van der Waals surface area (Å²) in [5.41, 5.74) is 4.55. The number of hydrogen-bond donors (Lipinski definition) is 3. The Kier molecular flexibility index (Phi) is 6.24. The van der Waals surface area contributed by atoms with Crippen LogP contribution in [-0.2, 0) is 20.8 Å². The van der Waals surface area contributed by atoms with Gasteiger partial charge in [0.1, 0.15) is 18.3 Å². The van der Waals surface area contributed by atoms with E-state index in [4.69, 9.17) is 13.9 Å². The lowest BCUT2D eigenvalue weighted by atomic mass is 9.98. The van der Waals surface area contributed by atoms with Crippen molar-refractivity contribution in [3.05, 3.63) is 83.3 Å². The Labute approximate surface area is 201 Å². The van der Waals surface area contributed by atoms with E-state index in [9.17, 15) is 19.5 Å². The minimum absolute atomic E-state index is 0.0189. The summed E-state index contributed by atoms with van der Waals surface area (Å²) in [4.78, 5) is 36.0. The molecule has 1 fully saturated rings. The van der Waals surface area contributed by atoms with Crippen LogP contribution in [0.5, 0.6) is 0 Å². The highest BCUT2D eigenvalue weighted by Gasteiger charge is 2.35. The van der Waals surface area contributed by atoms with Crippen LogP contribution in [0.3, 0.4) is 0 Å². The molecule has 1 saturated heterocycles. The van der Waals surface area contributed by atoms with Crippen LogP contribution in [0, 0.1) is 5.92 Å². The van der Waals surface area contributed by atoms with Crippen LogP contribution in [0.15, 0.2) is 65.1 Å². The third-order valence-electron chi connectivity index (χ3n) is 6.35. The number of benzene rings is 2. The van der Waals surface area contributed by atoms with Gasteiger partial charge in [-0.15, -0.1) is 0 Å². The predicted molar refractivity (Wildman–Crippen MR) is 124 cm³/mol. The maximum Gasteiger partial charge on any atom is 0.407 e. The molecule has 2 heterocycles. The molecule has 2 unspecified atom stereocenters. The SMILES string of the molecule is O=C(NCc1ccc(C(=O)NC2COCC2C(=O)O)o1)OCC1c2ccccc2-c2ccccc21. The summed E-state index contributed by atoms with van der Waals surface area (Å²) in [6, 6.07) is 18.6. The van der Waals surface area contributed by atoms with Gasteiger partial charge in [0.2, 0.25) is 0 Å². The Bertz CT molecular complexity index is 1220. The van der Waals surface area contributed by atoms with Crippen LogP contribution in [0.4, 0.5) is 4.79 Å². The molecule has 0 saturated carbocycles. The summed E-state index contributed by atoms with van der Waals surface area (Å²) < 4.78 is 16.1. The molecular weight excluding hydrogens is 452 g/mol. The average Bonchev–Trinajstić information content (AvgIpc) is 3.59. The van der Waals surface area contributed by atoms with Crippen LogP contribution in [0.1, 0.15) is 33.4 Å². The summed E-state index contributed by atoms with van der Waals surface area (Å²) in [6.07, 6.45) is -0.596. The predicted octanol–water partition coefficient (Wildman–Crippen LogP) is 3.15. The molecule has 0 radical (unpaired) electrons. The molecule has 9 nitrogen and oxygen atoms in total. The number of alkyl carbamates (subject to hydrolysis) is 1. The van der Waals surface area contributed by atoms with Gasteiger partial charge in [0.15, 0.2) is 5.76 Å². The third kappa shape index (κ3) is 4.63. The molecule has 1 aromatic heterocycles. The molecule has 0 bridgehead atoms. The molecule has 2 amide bonds. The van der Waals surface area contributed by atoms with Gasteiger partial charge < -0.3 is 29.6 Å². The van der Waals surface area contributed by atoms with Gasteiger partial charge in [0, 0.05) is 5.92 Å².